The Morgan fingerprint density at radius 2 is 1.50 bits per heavy atom. The minimum absolute atomic E-state index is 0.0135. The number of methoxy groups -OCH3 is 2. The third-order valence-corrected chi connectivity index (χ3v) is 5.23. The quantitative estimate of drug-likeness (QED) is 0.908. The average Bonchev–Trinajstić information content (AvgIpc) is 2.73. The highest BCUT2D eigenvalue weighted by Gasteiger charge is 2.43. The normalized spacial score (nSPS) is 22.8. The number of carbonyl (C=O) groups is 2. The van der Waals surface area contributed by atoms with Crippen LogP contribution in [0.25, 0.3) is 0 Å². The first-order valence-electron chi connectivity index (χ1n) is 8.30. The monoisotopic (exact) mass is 333 g/mol. The minimum atomic E-state index is -0.854. The van der Waals surface area contributed by atoms with Gasteiger partial charge in [-0.3, -0.25) is 9.59 Å². The summed E-state index contributed by atoms with van der Waals surface area (Å²) in [6, 6.07) is 3.96. The molecule has 1 aromatic rings. The van der Waals surface area contributed by atoms with Crippen LogP contribution in [-0.2, 0) is 22.4 Å². The van der Waals surface area contributed by atoms with E-state index in [1.54, 1.807) is 14.2 Å². The standard InChI is InChI=1S/C18H23NO5/c1-23-15-9-11-5-7-19(8-6-12(11)10-16(15)24-2)17(20)13-3-4-14(13)18(21)22/h9-10,13-14H,3-8H2,1-2H3,(H,21,22). The Labute approximate surface area is 141 Å². The molecule has 1 heterocycles. The molecule has 1 aromatic carbocycles. The van der Waals surface area contributed by atoms with E-state index in [0.717, 1.165) is 24.0 Å². The van der Waals surface area contributed by atoms with E-state index in [2.05, 4.69) is 0 Å². The molecule has 130 valence electrons. The number of hydrogen-bond acceptors (Lipinski definition) is 4. The zero-order chi connectivity index (χ0) is 17.3. The van der Waals surface area contributed by atoms with Crippen LogP contribution in [0.15, 0.2) is 12.1 Å². The molecule has 24 heavy (non-hydrogen) atoms. The molecule has 3 rings (SSSR count). The van der Waals surface area contributed by atoms with Gasteiger partial charge in [0.05, 0.1) is 26.1 Å². The van der Waals surface area contributed by atoms with Gasteiger partial charge in [-0.05, 0) is 48.9 Å². The number of rotatable bonds is 4. The molecule has 2 atom stereocenters. The first-order valence-corrected chi connectivity index (χ1v) is 8.30. The molecule has 1 amide bonds. The zero-order valence-electron chi connectivity index (χ0n) is 14.1. The van der Waals surface area contributed by atoms with Crippen molar-refractivity contribution in [3.8, 4) is 11.5 Å². The van der Waals surface area contributed by atoms with Crippen LogP contribution in [0.2, 0.25) is 0 Å². The summed E-state index contributed by atoms with van der Waals surface area (Å²) >= 11 is 0. The summed E-state index contributed by atoms with van der Waals surface area (Å²) in [5, 5.41) is 9.17. The molecule has 1 aliphatic heterocycles. The molecule has 1 fully saturated rings. The van der Waals surface area contributed by atoms with Crippen LogP contribution in [0.3, 0.4) is 0 Å². The molecule has 1 N–H and O–H groups in total. The van der Waals surface area contributed by atoms with Crippen molar-refractivity contribution in [2.24, 2.45) is 11.8 Å². The van der Waals surface area contributed by atoms with Gasteiger partial charge in [0, 0.05) is 13.1 Å². The zero-order valence-corrected chi connectivity index (χ0v) is 14.1. The number of ether oxygens (including phenoxy) is 2. The summed E-state index contributed by atoms with van der Waals surface area (Å²) in [7, 11) is 3.22. The van der Waals surface area contributed by atoms with Gasteiger partial charge in [0.2, 0.25) is 5.91 Å². The van der Waals surface area contributed by atoms with Crippen LogP contribution >= 0.6 is 0 Å². The van der Waals surface area contributed by atoms with E-state index in [1.165, 1.54) is 0 Å². The van der Waals surface area contributed by atoms with Crippen molar-refractivity contribution < 1.29 is 24.2 Å². The molecule has 0 radical (unpaired) electrons. The summed E-state index contributed by atoms with van der Waals surface area (Å²) in [5.41, 5.74) is 2.32. The van der Waals surface area contributed by atoms with Crippen molar-refractivity contribution >= 4 is 11.9 Å². The lowest BCUT2D eigenvalue weighted by molar-refractivity contribution is -0.156. The average molecular weight is 333 g/mol. The number of fused-ring (bicyclic) bond motifs is 1. The van der Waals surface area contributed by atoms with Crippen LogP contribution in [0.1, 0.15) is 24.0 Å². The van der Waals surface area contributed by atoms with Gasteiger partial charge >= 0.3 is 5.97 Å². The second-order valence-electron chi connectivity index (χ2n) is 6.43. The molecule has 6 nitrogen and oxygen atoms in total. The maximum absolute atomic E-state index is 12.7. The smallest absolute Gasteiger partial charge is 0.307 e. The molecular weight excluding hydrogens is 310 g/mol. The van der Waals surface area contributed by atoms with Gasteiger partial charge < -0.3 is 19.5 Å². The largest absolute Gasteiger partial charge is 0.493 e. The van der Waals surface area contributed by atoms with Crippen molar-refractivity contribution in [1.82, 2.24) is 4.90 Å². The summed E-state index contributed by atoms with van der Waals surface area (Å²) in [5.74, 6) is -0.342. The second-order valence-corrected chi connectivity index (χ2v) is 6.43. The predicted octanol–water partition coefficient (Wildman–Crippen LogP) is 1.74. The van der Waals surface area contributed by atoms with Crippen molar-refractivity contribution in [2.75, 3.05) is 27.3 Å². The van der Waals surface area contributed by atoms with Gasteiger partial charge in [0.1, 0.15) is 0 Å². The number of carbonyl (C=O) groups excluding carboxylic acids is 1. The van der Waals surface area contributed by atoms with Gasteiger partial charge in [-0.2, -0.15) is 0 Å². The van der Waals surface area contributed by atoms with E-state index < -0.39 is 11.9 Å². The van der Waals surface area contributed by atoms with Gasteiger partial charge in [0.25, 0.3) is 0 Å². The maximum atomic E-state index is 12.7. The number of nitrogens with zero attached hydrogens (tertiary/aromatic N) is 1. The highest BCUT2D eigenvalue weighted by molar-refractivity contribution is 5.86. The van der Waals surface area contributed by atoms with Crippen LogP contribution in [-0.4, -0.2) is 49.2 Å². The van der Waals surface area contributed by atoms with Crippen molar-refractivity contribution in [3.63, 3.8) is 0 Å². The summed E-state index contributed by atoms with van der Waals surface area (Å²) in [4.78, 5) is 25.6. The molecule has 1 aliphatic carbocycles. The first-order chi connectivity index (χ1) is 11.5. The number of benzene rings is 1. The molecule has 0 spiro atoms. The van der Waals surface area contributed by atoms with E-state index in [-0.39, 0.29) is 11.8 Å². The van der Waals surface area contributed by atoms with Crippen molar-refractivity contribution in [3.05, 3.63) is 23.3 Å². The number of carboxylic acid groups (broad SMARTS) is 1. The molecular formula is C18H23NO5. The van der Waals surface area contributed by atoms with Crippen LogP contribution in [0, 0.1) is 11.8 Å². The minimum Gasteiger partial charge on any atom is -0.493 e. The molecule has 2 unspecified atom stereocenters. The third-order valence-electron chi connectivity index (χ3n) is 5.23. The Balaban J connectivity index is 1.73. The molecule has 0 bridgehead atoms. The van der Waals surface area contributed by atoms with E-state index in [9.17, 15) is 9.59 Å². The predicted molar refractivity (Wildman–Crippen MR) is 87.4 cm³/mol. The Morgan fingerprint density at radius 1 is 1.00 bits per heavy atom. The van der Waals surface area contributed by atoms with Crippen molar-refractivity contribution in [2.45, 2.75) is 25.7 Å². The van der Waals surface area contributed by atoms with Crippen LogP contribution in [0.5, 0.6) is 11.5 Å². The Kier molecular flexibility index (Phi) is 4.64. The number of hydrogen-bond donors (Lipinski definition) is 1. The molecule has 1 saturated carbocycles. The lowest BCUT2D eigenvalue weighted by Gasteiger charge is -2.36. The fourth-order valence-corrected chi connectivity index (χ4v) is 3.60. The summed E-state index contributed by atoms with van der Waals surface area (Å²) in [6.07, 6.45) is 2.77. The number of aliphatic carboxylic acids is 1. The molecule has 6 heteroatoms. The van der Waals surface area contributed by atoms with Gasteiger partial charge in [0.15, 0.2) is 11.5 Å². The van der Waals surface area contributed by atoms with E-state index in [0.29, 0.717) is 37.4 Å². The lowest BCUT2D eigenvalue weighted by Crippen LogP contribution is -2.46. The highest BCUT2D eigenvalue weighted by Crippen LogP contribution is 2.37. The molecule has 0 saturated heterocycles. The SMILES string of the molecule is COc1cc2c(cc1OC)CCN(C(=O)C1CCC1C(=O)O)CC2. The Morgan fingerprint density at radius 3 is 1.88 bits per heavy atom. The van der Waals surface area contributed by atoms with Crippen molar-refractivity contribution in [1.29, 1.82) is 0 Å². The first kappa shape index (κ1) is 16.6. The van der Waals surface area contributed by atoms with Gasteiger partial charge in [-0.1, -0.05) is 0 Å². The Bertz CT molecular complexity index is 622. The lowest BCUT2D eigenvalue weighted by atomic mass is 9.73. The summed E-state index contributed by atoms with van der Waals surface area (Å²) in [6.45, 7) is 1.23. The third kappa shape index (κ3) is 2.92. The van der Waals surface area contributed by atoms with E-state index >= 15 is 0 Å². The fourth-order valence-electron chi connectivity index (χ4n) is 3.60. The van der Waals surface area contributed by atoms with Crippen LogP contribution in [0.4, 0.5) is 0 Å². The number of amides is 1. The molecule has 2 aliphatic rings. The highest BCUT2D eigenvalue weighted by atomic mass is 16.5. The molecule has 0 aromatic heterocycles. The second kappa shape index (κ2) is 6.71. The van der Waals surface area contributed by atoms with Gasteiger partial charge in [-0.15, -0.1) is 0 Å². The van der Waals surface area contributed by atoms with Gasteiger partial charge in [-0.25, -0.2) is 0 Å². The fraction of sp³-hybridized carbons (Fsp3) is 0.556. The topological polar surface area (TPSA) is 76.1 Å². The van der Waals surface area contributed by atoms with E-state index in [4.69, 9.17) is 14.6 Å². The van der Waals surface area contributed by atoms with E-state index in [1.807, 2.05) is 17.0 Å². The maximum Gasteiger partial charge on any atom is 0.307 e. The Hall–Kier alpha value is -2.24. The van der Waals surface area contributed by atoms with Crippen LogP contribution < -0.4 is 9.47 Å². The number of carboxylic acids is 1. The summed E-state index contributed by atoms with van der Waals surface area (Å²) < 4.78 is 10.7.